The van der Waals surface area contributed by atoms with E-state index < -0.39 is 4.92 Å². The van der Waals surface area contributed by atoms with Crippen molar-refractivity contribution in [3.63, 3.8) is 0 Å². The van der Waals surface area contributed by atoms with Gasteiger partial charge in [-0.2, -0.15) is 0 Å². The fraction of sp³-hybridized carbons (Fsp3) is 0.143. The molecule has 0 aliphatic carbocycles. The third-order valence-electron chi connectivity index (χ3n) is 1.44. The number of hydrogen-bond acceptors (Lipinski definition) is 3. The lowest BCUT2D eigenvalue weighted by atomic mass is 10.3. The minimum Gasteiger partial charge on any atom is -0.259 e. The van der Waals surface area contributed by atoms with E-state index in [4.69, 9.17) is 34.8 Å². The molecular weight excluding hydrogens is 269 g/mol. The van der Waals surface area contributed by atoms with E-state index in [-0.39, 0.29) is 10.7 Å². The van der Waals surface area contributed by atoms with E-state index in [2.05, 4.69) is 0 Å². The van der Waals surface area contributed by atoms with Gasteiger partial charge in [-0.05, 0) is 0 Å². The van der Waals surface area contributed by atoms with Crippen LogP contribution in [0.15, 0.2) is 5.70 Å². The van der Waals surface area contributed by atoms with E-state index in [1.165, 1.54) is 13.0 Å². The van der Waals surface area contributed by atoms with Crippen LogP contribution < -0.4 is 0 Å². The second-order valence-corrected chi connectivity index (χ2v) is 5.02. The zero-order valence-corrected chi connectivity index (χ0v) is 9.97. The summed E-state index contributed by atoms with van der Waals surface area (Å²) >= 11 is 18.4. The molecule has 0 atom stereocenters. The molecule has 76 valence electrons. The van der Waals surface area contributed by atoms with Crippen molar-refractivity contribution in [2.75, 3.05) is 0 Å². The molecule has 1 heterocycles. The normalized spacial score (nSPS) is 11.9. The monoisotopic (exact) mass is 271 g/mol. The summed E-state index contributed by atoms with van der Waals surface area (Å²) in [6.07, 6.45) is 1.30. The van der Waals surface area contributed by atoms with E-state index in [0.29, 0.717) is 14.2 Å². The van der Waals surface area contributed by atoms with Crippen molar-refractivity contribution in [3.05, 3.63) is 35.1 Å². The predicted molar refractivity (Wildman–Crippen MR) is 60.0 cm³/mol. The SMILES string of the molecule is CC(=Cc1c(Cl)sc(Cl)c1Cl)[N+](=O)[O-]. The molecule has 3 nitrogen and oxygen atoms in total. The number of nitrogens with zero attached hydrogens (tertiary/aromatic N) is 1. The van der Waals surface area contributed by atoms with Gasteiger partial charge in [-0.25, -0.2) is 0 Å². The van der Waals surface area contributed by atoms with Gasteiger partial charge in [-0.1, -0.05) is 34.8 Å². The highest BCUT2D eigenvalue weighted by Crippen LogP contribution is 2.41. The zero-order chi connectivity index (χ0) is 10.9. The summed E-state index contributed by atoms with van der Waals surface area (Å²) in [4.78, 5) is 9.84. The summed E-state index contributed by atoms with van der Waals surface area (Å²) in [7, 11) is 0. The highest BCUT2D eigenvalue weighted by atomic mass is 35.5. The van der Waals surface area contributed by atoms with E-state index in [0.717, 1.165) is 11.3 Å². The van der Waals surface area contributed by atoms with E-state index in [1.54, 1.807) is 0 Å². The van der Waals surface area contributed by atoms with Crippen LogP contribution in [0.1, 0.15) is 12.5 Å². The summed E-state index contributed by atoms with van der Waals surface area (Å²) in [6, 6.07) is 0. The predicted octanol–water partition coefficient (Wildman–Crippen LogP) is 4.35. The van der Waals surface area contributed by atoms with Crippen LogP contribution in [0.25, 0.3) is 6.08 Å². The standard InChI is InChI=1S/C7H4Cl3NO2S/c1-3(11(12)13)2-4-5(8)7(10)14-6(4)9/h2H,1H3. The van der Waals surface area contributed by atoms with Crippen LogP contribution in [0, 0.1) is 10.1 Å². The largest absolute Gasteiger partial charge is 0.259 e. The van der Waals surface area contributed by atoms with Crippen LogP contribution in [-0.4, -0.2) is 4.92 Å². The molecule has 1 aromatic heterocycles. The Morgan fingerprint density at radius 3 is 2.36 bits per heavy atom. The average molecular weight is 273 g/mol. The molecule has 14 heavy (non-hydrogen) atoms. The Bertz CT molecular complexity index is 413. The first-order chi connectivity index (χ1) is 6.43. The van der Waals surface area contributed by atoms with Gasteiger partial charge >= 0.3 is 0 Å². The molecule has 0 radical (unpaired) electrons. The average Bonchev–Trinajstić information content (AvgIpc) is 2.32. The first-order valence-electron chi connectivity index (χ1n) is 3.39. The van der Waals surface area contributed by atoms with Gasteiger partial charge < -0.3 is 0 Å². The Kier molecular flexibility index (Phi) is 3.78. The minimum absolute atomic E-state index is 0.0386. The van der Waals surface area contributed by atoms with E-state index in [9.17, 15) is 10.1 Å². The fourth-order valence-electron chi connectivity index (χ4n) is 0.752. The molecule has 0 unspecified atom stereocenters. The van der Waals surface area contributed by atoms with Crippen LogP contribution in [0.2, 0.25) is 13.7 Å². The molecule has 0 saturated carbocycles. The molecule has 0 spiro atoms. The summed E-state index contributed by atoms with van der Waals surface area (Å²) in [5, 5.41) is 10.6. The van der Waals surface area contributed by atoms with Crippen molar-refractivity contribution in [2.45, 2.75) is 6.92 Å². The molecule has 0 N–H and O–H groups in total. The van der Waals surface area contributed by atoms with Gasteiger partial charge in [0.25, 0.3) is 0 Å². The maximum Gasteiger partial charge on any atom is 0.243 e. The number of allylic oxidation sites excluding steroid dienone is 1. The lowest BCUT2D eigenvalue weighted by Gasteiger charge is -1.91. The Labute approximate surface area is 99.0 Å². The maximum absolute atomic E-state index is 10.4. The topological polar surface area (TPSA) is 43.1 Å². The number of thiophene rings is 1. The smallest absolute Gasteiger partial charge is 0.243 e. The fourth-order valence-corrected chi connectivity index (χ4v) is 2.58. The van der Waals surface area contributed by atoms with Crippen LogP contribution in [0.5, 0.6) is 0 Å². The van der Waals surface area contributed by atoms with E-state index >= 15 is 0 Å². The minimum atomic E-state index is -0.516. The van der Waals surface area contributed by atoms with Gasteiger partial charge in [-0.15, -0.1) is 11.3 Å². The van der Waals surface area contributed by atoms with Gasteiger partial charge in [0, 0.05) is 18.6 Å². The van der Waals surface area contributed by atoms with Gasteiger partial charge in [0.2, 0.25) is 5.70 Å². The van der Waals surface area contributed by atoms with Crippen molar-refractivity contribution in [2.24, 2.45) is 0 Å². The van der Waals surface area contributed by atoms with Crippen LogP contribution in [0.4, 0.5) is 0 Å². The zero-order valence-electron chi connectivity index (χ0n) is 6.88. The van der Waals surface area contributed by atoms with Crippen molar-refractivity contribution in [1.29, 1.82) is 0 Å². The number of halogens is 3. The van der Waals surface area contributed by atoms with Crippen LogP contribution in [0.3, 0.4) is 0 Å². The molecular formula is C7H4Cl3NO2S. The molecule has 0 saturated heterocycles. The van der Waals surface area contributed by atoms with Crippen molar-refractivity contribution < 1.29 is 4.92 Å². The molecule has 0 aromatic carbocycles. The van der Waals surface area contributed by atoms with Crippen LogP contribution in [-0.2, 0) is 0 Å². The first-order valence-corrected chi connectivity index (χ1v) is 5.34. The van der Waals surface area contributed by atoms with Gasteiger partial charge in [0.05, 0.1) is 9.95 Å². The third-order valence-corrected chi connectivity index (χ3v) is 3.68. The second kappa shape index (κ2) is 4.49. The van der Waals surface area contributed by atoms with Crippen molar-refractivity contribution >= 4 is 52.2 Å². The second-order valence-electron chi connectivity index (χ2n) is 2.42. The molecule has 0 fully saturated rings. The van der Waals surface area contributed by atoms with E-state index in [1.807, 2.05) is 0 Å². The third kappa shape index (κ3) is 2.39. The summed E-state index contributed by atoms with van der Waals surface area (Å²) in [5.41, 5.74) is 0.362. The molecule has 0 bridgehead atoms. The quantitative estimate of drug-likeness (QED) is 0.593. The number of rotatable bonds is 2. The lowest BCUT2D eigenvalue weighted by Crippen LogP contribution is -1.92. The van der Waals surface area contributed by atoms with Crippen LogP contribution >= 0.6 is 46.1 Å². The Balaban J connectivity index is 3.20. The highest BCUT2D eigenvalue weighted by molar-refractivity contribution is 7.20. The Morgan fingerprint density at radius 1 is 1.43 bits per heavy atom. The molecule has 0 amide bonds. The lowest BCUT2D eigenvalue weighted by molar-refractivity contribution is -0.422. The summed E-state index contributed by atoms with van der Waals surface area (Å²) in [6.45, 7) is 1.36. The number of hydrogen-bond donors (Lipinski definition) is 0. The number of nitro groups is 1. The molecule has 1 aromatic rings. The van der Waals surface area contributed by atoms with Gasteiger partial charge in [0.1, 0.15) is 8.67 Å². The molecule has 1 rings (SSSR count). The summed E-state index contributed by atoms with van der Waals surface area (Å²) < 4.78 is 0.681. The molecule has 7 heteroatoms. The first kappa shape index (κ1) is 11.8. The summed E-state index contributed by atoms with van der Waals surface area (Å²) in [5.74, 6) is 0. The van der Waals surface area contributed by atoms with Crippen molar-refractivity contribution in [1.82, 2.24) is 0 Å². The molecule has 0 aliphatic heterocycles. The highest BCUT2D eigenvalue weighted by Gasteiger charge is 2.14. The van der Waals surface area contributed by atoms with Gasteiger partial charge in [-0.3, -0.25) is 10.1 Å². The molecule has 0 aliphatic rings. The maximum atomic E-state index is 10.4. The van der Waals surface area contributed by atoms with Crippen molar-refractivity contribution in [3.8, 4) is 0 Å². The van der Waals surface area contributed by atoms with Gasteiger partial charge in [0.15, 0.2) is 0 Å². The Hall–Kier alpha value is -0.290. The Morgan fingerprint density at radius 2 is 2.00 bits per heavy atom.